The van der Waals surface area contributed by atoms with Gasteiger partial charge in [-0.25, -0.2) is 13.1 Å². The van der Waals surface area contributed by atoms with Crippen LogP contribution in [0.4, 0.5) is 0 Å². The number of likely N-dealkylation sites (tertiary alicyclic amines) is 1. The maximum Gasteiger partial charge on any atom is 0.251 e. The molecule has 0 aliphatic carbocycles. The minimum atomic E-state index is -3.83. The van der Waals surface area contributed by atoms with Crippen molar-refractivity contribution in [3.05, 3.63) is 53.6 Å². The fourth-order valence-corrected chi connectivity index (χ4v) is 5.48. The van der Waals surface area contributed by atoms with Gasteiger partial charge >= 0.3 is 0 Å². The van der Waals surface area contributed by atoms with E-state index in [4.69, 9.17) is 9.47 Å². The summed E-state index contributed by atoms with van der Waals surface area (Å²) < 4.78 is 38.5. The van der Waals surface area contributed by atoms with Crippen molar-refractivity contribution < 1.29 is 22.7 Å². The molecular weight excluding hydrogens is 442 g/mol. The van der Waals surface area contributed by atoms with Crippen molar-refractivity contribution in [1.29, 1.82) is 0 Å². The van der Waals surface area contributed by atoms with E-state index in [0.29, 0.717) is 6.54 Å². The average Bonchev–Trinajstić information content (AvgIpc) is 3.33. The Bertz CT molecular complexity index is 1050. The molecule has 3 rings (SSSR count). The average molecular weight is 476 g/mol. The molecule has 2 N–H and O–H groups in total. The molecule has 1 aliphatic rings. The summed E-state index contributed by atoms with van der Waals surface area (Å²) in [6.07, 6.45) is 2.26. The van der Waals surface area contributed by atoms with E-state index in [2.05, 4.69) is 14.9 Å². The van der Waals surface area contributed by atoms with Gasteiger partial charge in [-0.2, -0.15) is 0 Å². The first-order chi connectivity index (χ1) is 15.7. The van der Waals surface area contributed by atoms with Gasteiger partial charge in [0.2, 0.25) is 10.0 Å². The molecule has 0 spiro atoms. The lowest BCUT2D eigenvalue weighted by Gasteiger charge is -2.28. The molecule has 1 aliphatic heterocycles. The number of methoxy groups -OCH3 is 2. The van der Waals surface area contributed by atoms with Crippen LogP contribution in [0, 0.1) is 0 Å². The highest BCUT2D eigenvalue weighted by molar-refractivity contribution is 7.89. The molecule has 1 saturated heterocycles. The van der Waals surface area contributed by atoms with Crippen molar-refractivity contribution in [3.63, 3.8) is 0 Å². The van der Waals surface area contributed by atoms with Gasteiger partial charge in [0.25, 0.3) is 5.91 Å². The van der Waals surface area contributed by atoms with Gasteiger partial charge < -0.3 is 14.8 Å². The summed E-state index contributed by atoms with van der Waals surface area (Å²) in [5, 5.41) is 2.99. The molecule has 2 aromatic rings. The van der Waals surface area contributed by atoms with Crippen LogP contribution in [0.5, 0.6) is 11.5 Å². The Hall–Kier alpha value is -2.62. The van der Waals surface area contributed by atoms with Crippen LogP contribution in [0.2, 0.25) is 0 Å². The van der Waals surface area contributed by atoms with Crippen LogP contribution < -0.4 is 19.5 Å². The van der Waals surface area contributed by atoms with Crippen LogP contribution in [0.1, 0.15) is 48.7 Å². The number of carbonyl (C=O) groups excluding carboxylic acids is 1. The lowest BCUT2D eigenvalue weighted by Crippen LogP contribution is -2.37. The molecule has 1 heterocycles. The predicted octanol–water partition coefficient (Wildman–Crippen LogP) is 2.96. The topological polar surface area (TPSA) is 97.0 Å². The standard InChI is InChI=1S/C24H33N3O5S/c1-17(2)26-33(29,30)23-15-19(9-12-22(23)32-4)24(28)25-16-21(27-13-5-6-14-27)18-7-10-20(31-3)11-8-18/h7-12,15,17,21,26H,5-6,13-14,16H2,1-4H3,(H,25,28)/t21-/m1/s1. The van der Waals surface area contributed by atoms with Gasteiger partial charge in [-0.15, -0.1) is 0 Å². The monoisotopic (exact) mass is 475 g/mol. The number of nitrogens with one attached hydrogen (secondary N) is 2. The third-order valence-electron chi connectivity index (χ3n) is 5.64. The summed E-state index contributed by atoms with van der Waals surface area (Å²) in [6, 6.07) is 12.0. The van der Waals surface area contributed by atoms with Gasteiger partial charge in [-0.1, -0.05) is 12.1 Å². The van der Waals surface area contributed by atoms with Gasteiger partial charge in [0.15, 0.2) is 0 Å². The normalized spacial score (nSPS) is 15.4. The quantitative estimate of drug-likeness (QED) is 0.548. The number of hydrogen-bond acceptors (Lipinski definition) is 6. The van der Waals surface area contributed by atoms with Gasteiger partial charge in [0, 0.05) is 18.2 Å². The van der Waals surface area contributed by atoms with Crippen molar-refractivity contribution >= 4 is 15.9 Å². The van der Waals surface area contributed by atoms with Gasteiger partial charge in [-0.05, 0) is 75.7 Å². The zero-order valence-electron chi connectivity index (χ0n) is 19.6. The maximum absolute atomic E-state index is 13.0. The van der Waals surface area contributed by atoms with Crippen LogP contribution in [0.15, 0.2) is 47.4 Å². The molecule has 2 aromatic carbocycles. The Morgan fingerprint density at radius 2 is 1.70 bits per heavy atom. The first kappa shape index (κ1) is 25.0. The summed E-state index contributed by atoms with van der Waals surface area (Å²) in [5.41, 5.74) is 1.35. The number of rotatable bonds is 10. The van der Waals surface area contributed by atoms with E-state index < -0.39 is 10.0 Å². The number of nitrogens with zero attached hydrogens (tertiary/aromatic N) is 1. The van der Waals surface area contributed by atoms with E-state index in [-0.39, 0.29) is 34.2 Å². The zero-order valence-corrected chi connectivity index (χ0v) is 20.4. The van der Waals surface area contributed by atoms with Crippen molar-refractivity contribution in [2.75, 3.05) is 33.9 Å². The van der Waals surface area contributed by atoms with Crippen molar-refractivity contribution in [2.24, 2.45) is 0 Å². The minimum absolute atomic E-state index is 0.0198. The second-order valence-corrected chi connectivity index (χ2v) is 10.1. The highest BCUT2D eigenvalue weighted by atomic mass is 32.2. The lowest BCUT2D eigenvalue weighted by molar-refractivity contribution is 0.0937. The van der Waals surface area contributed by atoms with Crippen LogP contribution in [0.3, 0.4) is 0 Å². The zero-order chi connectivity index (χ0) is 24.0. The van der Waals surface area contributed by atoms with E-state index in [1.807, 2.05) is 24.3 Å². The van der Waals surface area contributed by atoms with Crippen LogP contribution in [-0.4, -0.2) is 59.1 Å². The van der Waals surface area contributed by atoms with E-state index in [1.165, 1.54) is 19.2 Å². The fourth-order valence-electron chi connectivity index (χ4n) is 4.03. The van der Waals surface area contributed by atoms with Crippen LogP contribution in [-0.2, 0) is 10.0 Å². The molecule has 0 aromatic heterocycles. The number of carbonyl (C=O) groups is 1. The Kier molecular flexibility index (Phi) is 8.34. The molecule has 9 heteroatoms. The minimum Gasteiger partial charge on any atom is -0.497 e. The lowest BCUT2D eigenvalue weighted by atomic mass is 10.0. The van der Waals surface area contributed by atoms with Gasteiger partial charge in [0.05, 0.1) is 20.3 Å². The predicted molar refractivity (Wildman–Crippen MR) is 127 cm³/mol. The smallest absolute Gasteiger partial charge is 0.251 e. The molecule has 0 bridgehead atoms. The van der Waals surface area contributed by atoms with Gasteiger partial charge in [0.1, 0.15) is 16.4 Å². The fraction of sp³-hybridized carbons (Fsp3) is 0.458. The number of ether oxygens (including phenoxy) is 2. The molecule has 1 fully saturated rings. The highest BCUT2D eigenvalue weighted by Gasteiger charge is 2.26. The third-order valence-corrected chi connectivity index (χ3v) is 7.32. The SMILES string of the molecule is COc1ccc([C@@H](CNC(=O)c2ccc(OC)c(S(=O)(=O)NC(C)C)c2)N2CCCC2)cc1. The first-order valence-electron chi connectivity index (χ1n) is 11.1. The van der Waals surface area contributed by atoms with Crippen molar-refractivity contribution in [3.8, 4) is 11.5 Å². The molecule has 0 unspecified atom stereocenters. The number of sulfonamides is 1. The second kappa shape index (κ2) is 11.0. The van der Waals surface area contributed by atoms with E-state index >= 15 is 0 Å². The van der Waals surface area contributed by atoms with Crippen molar-refractivity contribution in [1.82, 2.24) is 14.9 Å². The molecule has 33 heavy (non-hydrogen) atoms. The highest BCUT2D eigenvalue weighted by Crippen LogP contribution is 2.27. The summed E-state index contributed by atoms with van der Waals surface area (Å²) in [5.74, 6) is 0.633. The molecule has 8 nitrogen and oxygen atoms in total. The molecule has 1 atom stereocenters. The van der Waals surface area contributed by atoms with Crippen LogP contribution >= 0.6 is 0 Å². The summed E-state index contributed by atoms with van der Waals surface area (Å²) in [6.45, 7) is 5.82. The molecule has 180 valence electrons. The molecule has 1 amide bonds. The first-order valence-corrected chi connectivity index (χ1v) is 12.6. The Balaban J connectivity index is 1.80. The largest absolute Gasteiger partial charge is 0.497 e. The summed E-state index contributed by atoms with van der Waals surface area (Å²) >= 11 is 0. The Morgan fingerprint density at radius 3 is 2.27 bits per heavy atom. The number of hydrogen-bond donors (Lipinski definition) is 2. The van der Waals surface area contributed by atoms with Crippen molar-refractivity contribution in [2.45, 2.75) is 43.7 Å². The summed E-state index contributed by atoms with van der Waals surface area (Å²) in [7, 11) is -0.793. The maximum atomic E-state index is 13.0. The number of benzene rings is 2. The Morgan fingerprint density at radius 1 is 1.03 bits per heavy atom. The molecule has 0 radical (unpaired) electrons. The molecular formula is C24H33N3O5S. The molecule has 0 saturated carbocycles. The number of amides is 1. The third kappa shape index (κ3) is 6.25. The van der Waals surface area contributed by atoms with Gasteiger partial charge in [-0.3, -0.25) is 9.69 Å². The van der Waals surface area contributed by atoms with E-state index in [9.17, 15) is 13.2 Å². The Labute approximate surface area is 196 Å². The summed E-state index contributed by atoms with van der Waals surface area (Å²) in [4.78, 5) is 15.3. The van der Waals surface area contributed by atoms with Crippen LogP contribution in [0.25, 0.3) is 0 Å². The van der Waals surface area contributed by atoms with E-state index in [1.54, 1.807) is 27.0 Å². The van der Waals surface area contributed by atoms with E-state index in [0.717, 1.165) is 37.2 Å². The second-order valence-electron chi connectivity index (χ2n) is 8.38.